The van der Waals surface area contributed by atoms with Crippen LogP contribution in [0.1, 0.15) is 39.0 Å². The Morgan fingerprint density at radius 1 is 1.53 bits per heavy atom. The number of carbonyl (C=O) groups excluding carboxylic acids is 1. The van der Waals surface area contributed by atoms with E-state index in [4.69, 9.17) is 10.00 Å². The number of hydrogen-bond acceptors (Lipinski definition) is 4. The zero-order valence-electron chi connectivity index (χ0n) is 9.07. The summed E-state index contributed by atoms with van der Waals surface area (Å²) < 4.78 is 5.38. The van der Waals surface area contributed by atoms with Gasteiger partial charge in [0.2, 0.25) is 0 Å². The average Bonchev–Trinajstić information content (AvgIpc) is 2.27. The van der Waals surface area contributed by atoms with E-state index < -0.39 is 0 Å². The van der Waals surface area contributed by atoms with E-state index in [0.717, 1.165) is 25.7 Å². The highest BCUT2D eigenvalue weighted by molar-refractivity contribution is 8.00. The molecule has 1 atom stereocenters. The Balaban J connectivity index is 2.24. The first-order chi connectivity index (χ1) is 7.24. The summed E-state index contributed by atoms with van der Waals surface area (Å²) in [6, 6.07) is 2.01. The topological polar surface area (TPSA) is 50.1 Å². The second kappa shape index (κ2) is 6.73. The van der Waals surface area contributed by atoms with Crippen molar-refractivity contribution in [1.82, 2.24) is 0 Å². The lowest BCUT2D eigenvalue weighted by atomic mass is 9.98. The summed E-state index contributed by atoms with van der Waals surface area (Å²) in [4.78, 5) is 11.6. The molecular weight excluding hydrogens is 210 g/mol. The summed E-state index contributed by atoms with van der Waals surface area (Å²) in [6.07, 6.45) is 5.71. The van der Waals surface area contributed by atoms with Gasteiger partial charge in [0.25, 0.3) is 0 Å². The van der Waals surface area contributed by atoms with Crippen molar-refractivity contribution >= 4 is 17.7 Å². The minimum atomic E-state index is -0.216. The fourth-order valence-electron chi connectivity index (χ4n) is 1.67. The molecule has 84 valence electrons. The van der Waals surface area contributed by atoms with E-state index >= 15 is 0 Å². The molecular formula is C11H17NO2S. The smallest absolute Gasteiger partial charge is 0.319 e. The molecule has 1 rings (SSSR count). The van der Waals surface area contributed by atoms with Crippen LogP contribution in [-0.2, 0) is 9.53 Å². The van der Waals surface area contributed by atoms with E-state index in [9.17, 15) is 4.79 Å². The van der Waals surface area contributed by atoms with Crippen LogP contribution < -0.4 is 0 Å². The third-order valence-corrected chi connectivity index (χ3v) is 3.55. The highest BCUT2D eigenvalue weighted by Crippen LogP contribution is 2.22. The zero-order valence-corrected chi connectivity index (χ0v) is 9.89. The van der Waals surface area contributed by atoms with Crippen LogP contribution in [0.5, 0.6) is 0 Å². The third-order valence-electron chi connectivity index (χ3n) is 2.56. The van der Waals surface area contributed by atoms with Crippen LogP contribution >= 0.6 is 11.8 Å². The van der Waals surface area contributed by atoms with Gasteiger partial charge in [0.15, 0.2) is 0 Å². The molecule has 0 aromatic rings. The largest absolute Gasteiger partial charge is 0.462 e. The van der Waals surface area contributed by atoms with Crippen LogP contribution in [0.15, 0.2) is 0 Å². The molecule has 0 saturated heterocycles. The Kier molecular flexibility index (Phi) is 5.56. The van der Waals surface area contributed by atoms with Crippen LogP contribution in [0.25, 0.3) is 0 Å². The van der Waals surface area contributed by atoms with Gasteiger partial charge in [0, 0.05) is 0 Å². The van der Waals surface area contributed by atoms with Gasteiger partial charge in [-0.05, 0) is 32.6 Å². The Labute approximate surface area is 95.2 Å². The number of rotatable bonds is 4. The van der Waals surface area contributed by atoms with Crippen molar-refractivity contribution in [3.8, 4) is 6.07 Å². The molecule has 1 aliphatic carbocycles. The van der Waals surface area contributed by atoms with Gasteiger partial charge in [-0.25, -0.2) is 0 Å². The summed E-state index contributed by atoms with van der Waals surface area (Å²) in [5.41, 5.74) is 0. The van der Waals surface area contributed by atoms with Crippen LogP contribution in [0, 0.1) is 11.3 Å². The van der Waals surface area contributed by atoms with Crippen molar-refractivity contribution in [2.45, 2.75) is 50.4 Å². The number of ether oxygens (including phenoxy) is 1. The summed E-state index contributed by atoms with van der Waals surface area (Å²) in [7, 11) is 0. The van der Waals surface area contributed by atoms with Crippen LogP contribution in [0.2, 0.25) is 0 Å². The van der Waals surface area contributed by atoms with Crippen LogP contribution in [0.4, 0.5) is 0 Å². The van der Waals surface area contributed by atoms with E-state index in [-0.39, 0.29) is 17.3 Å². The maximum atomic E-state index is 11.6. The predicted molar refractivity (Wildman–Crippen MR) is 60.5 cm³/mol. The Bertz CT molecular complexity index is 243. The van der Waals surface area contributed by atoms with Gasteiger partial charge in [-0.1, -0.05) is 6.42 Å². The van der Waals surface area contributed by atoms with E-state index in [1.807, 2.05) is 6.07 Å². The standard InChI is InChI=1S/C11H17NO2S/c1-9(15-8-7-12)11(13)14-10-5-3-2-4-6-10/h9-10H,2-6,8H2,1H3. The van der Waals surface area contributed by atoms with E-state index in [1.54, 1.807) is 6.92 Å². The fourth-order valence-corrected chi connectivity index (χ4v) is 2.19. The lowest BCUT2D eigenvalue weighted by molar-refractivity contribution is -0.149. The lowest BCUT2D eigenvalue weighted by Crippen LogP contribution is -2.26. The van der Waals surface area contributed by atoms with E-state index in [2.05, 4.69) is 0 Å². The molecule has 1 aliphatic rings. The highest BCUT2D eigenvalue weighted by Gasteiger charge is 2.21. The lowest BCUT2D eigenvalue weighted by Gasteiger charge is -2.23. The normalized spacial score (nSPS) is 19.2. The van der Waals surface area contributed by atoms with Crippen molar-refractivity contribution in [2.75, 3.05) is 5.75 Å². The minimum absolute atomic E-state index is 0.122. The Hall–Kier alpha value is -0.690. The number of nitriles is 1. The van der Waals surface area contributed by atoms with E-state index in [0.29, 0.717) is 5.75 Å². The van der Waals surface area contributed by atoms with Gasteiger partial charge in [-0.15, -0.1) is 11.8 Å². The Morgan fingerprint density at radius 2 is 2.20 bits per heavy atom. The molecule has 0 bridgehead atoms. The average molecular weight is 227 g/mol. The van der Waals surface area contributed by atoms with Crippen LogP contribution in [0.3, 0.4) is 0 Å². The first-order valence-corrected chi connectivity index (χ1v) is 6.48. The molecule has 1 unspecified atom stereocenters. The van der Waals surface area contributed by atoms with Crippen molar-refractivity contribution in [2.24, 2.45) is 0 Å². The van der Waals surface area contributed by atoms with Crippen molar-refractivity contribution < 1.29 is 9.53 Å². The second-order valence-electron chi connectivity index (χ2n) is 3.81. The van der Waals surface area contributed by atoms with Gasteiger partial charge in [0.05, 0.1) is 11.8 Å². The quantitative estimate of drug-likeness (QED) is 0.692. The van der Waals surface area contributed by atoms with Gasteiger partial charge < -0.3 is 4.74 Å². The van der Waals surface area contributed by atoms with Gasteiger partial charge in [-0.2, -0.15) is 5.26 Å². The van der Waals surface area contributed by atoms with Crippen molar-refractivity contribution in [3.05, 3.63) is 0 Å². The summed E-state index contributed by atoms with van der Waals surface area (Å²) in [5.74, 6) is 0.183. The molecule has 4 heteroatoms. The molecule has 0 aromatic carbocycles. The molecule has 0 radical (unpaired) electrons. The monoisotopic (exact) mass is 227 g/mol. The van der Waals surface area contributed by atoms with Crippen LogP contribution in [-0.4, -0.2) is 23.1 Å². The Morgan fingerprint density at radius 3 is 2.80 bits per heavy atom. The fraction of sp³-hybridized carbons (Fsp3) is 0.818. The molecule has 1 saturated carbocycles. The zero-order chi connectivity index (χ0) is 11.1. The summed E-state index contributed by atoms with van der Waals surface area (Å²) in [5, 5.41) is 8.18. The number of esters is 1. The molecule has 0 aliphatic heterocycles. The number of carbonyl (C=O) groups is 1. The number of hydrogen-bond donors (Lipinski definition) is 0. The molecule has 0 amide bonds. The predicted octanol–water partition coefficient (Wildman–Crippen LogP) is 2.51. The number of thioether (sulfide) groups is 1. The first kappa shape index (κ1) is 12.4. The molecule has 15 heavy (non-hydrogen) atoms. The molecule has 0 aromatic heterocycles. The van der Waals surface area contributed by atoms with E-state index in [1.165, 1.54) is 18.2 Å². The first-order valence-electron chi connectivity index (χ1n) is 5.43. The highest BCUT2D eigenvalue weighted by atomic mass is 32.2. The van der Waals surface area contributed by atoms with Gasteiger partial charge in [0.1, 0.15) is 11.4 Å². The SMILES string of the molecule is CC(SCC#N)C(=O)OC1CCCCC1. The molecule has 1 fully saturated rings. The maximum absolute atomic E-state index is 11.6. The molecule has 0 heterocycles. The van der Waals surface area contributed by atoms with Gasteiger partial charge >= 0.3 is 5.97 Å². The third kappa shape index (κ3) is 4.57. The molecule has 3 nitrogen and oxygen atoms in total. The van der Waals surface area contributed by atoms with Gasteiger partial charge in [-0.3, -0.25) is 4.79 Å². The summed E-state index contributed by atoms with van der Waals surface area (Å²) >= 11 is 1.34. The molecule has 0 N–H and O–H groups in total. The maximum Gasteiger partial charge on any atom is 0.319 e. The van der Waals surface area contributed by atoms with Crippen molar-refractivity contribution in [1.29, 1.82) is 5.26 Å². The molecule has 0 spiro atoms. The second-order valence-corrected chi connectivity index (χ2v) is 5.14. The summed E-state index contributed by atoms with van der Waals surface area (Å²) in [6.45, 7) is 1.80. The van der Waals surface area contributed by atoms with Crippen molar-refractivity contribution in [3.63, 3.8) is 0 Å². The number of nitrogens with zero attached hydrogens (tertiary/aromatic N) is 1. The minimum Gasteiger partial charge on any atom is -0.462 e.